The lowest BCUT2D eigenvalue weighted by atomic mass is 10.1. The first-order valence-corrected chi connectivity index (χ1v) is 8.59. The highest BCUT2D eigenvalue weighted by atomic mass is 16.5. The highest BCUT2D eigenvalue weighted by Crippen LogP contribution is 2.34. The Labute approximate surface area is 151 Å². The second-order valence-electron chi connectivity index (χ2n) is 6.06. The second kappa shape index (κ2) is 6.52. The minimum absolute atomic E-state index is 0.324. The van der Waals surface area contributed by atoms with Gasteiger partial charge in [0.1, 0.15) is 5.69 Å². The second-order valence-corrected chi connectivity index (χ2v) is 6.06. The van der Waals surface area contributed by atoms with Crippen LogP contribution in [0, 0.1) is 6.92 Å². The number of nitrogens with one attached hydrogen (secondary N) is 1. The van der Waals surface area contributed by atoms with Gasteiger partial charge in [-0.05, 0) is 38.1 Å². The van der Waals surface area contributed by atoms with Crippen molar-refractivity contribution in [2.24, 2.45) is 0 Å². The molecule has 0 aliphatic rings. The van der Waals surface area contributed by atoms with Crippen LogP contribution in [0.1, 0.15) is 23.1 Å². The van der Waals surface area contributed by atoms with Gasteiger partial charge < -0.3 is 9.72 Å². The molecule has 0 fully saturated rings. The van der Waals surface area contributed by atoms with Gasteiger partial charge in [-0.1, -0.05) is 36.4 Å². The summed E-state index contributed by atoms with van der Waals surface area (Å²) in [4.78, 5) is 15.8. The molecule has 0 atom stereocenters. The molecule has 2 aromatic heterocycles. The van der Waals surface area contributed by atoms with E-state index in [2.05, 4.69) is 10.1 Å². The van der Waals surface area contributed by atoms with Gasteiger partial charge in [-0.3, -0.25) is 0 Å². The number of benzene rings is 2. The number of ether oxygens (including phenoxy) is 1. The number of aromatic amines is 1. The fourth-order valence-electron chi connectivity index (χ4n) is 3.21. The molecule has 0 bridgehead atoms. The van der Waals surface area contributed by atoms with E-state index in [0.29, 0.717) is 12.3 Å². The molecule has 2 aromatic carbocycles. The first-order chi connectivity index (χ1) is 12.7. The van der Waals surface area contributed by atoms with Crippen LogP contribution in [0.2, 0.25) is 0 Å². The van der Waals surface area contributed by atoms with Gasteiger partial charge in [0.15, 0.2) is 0 Å². The Kier molecular flexibility index (Phi) is 4.05. The van der Waals surface area contributed by atoms with Crippen LogP contribution in [0.4, 0.5) is 0 Å². The van der Waals surface area contributed by atoms with Crippen molar-refractivity contribution >= 4 is 16.9 Å². The molecular weight excluding hydrogens is 326 g/mol. The van der Waals surface area contributed by atoms with E-state index >= 15 is 0 Å². The maximum atomic E-state index is 12.6. The summed E-state index contributed by atoms with van der Waals surface area (Å²) in [5.41, 5.74) is 4.83. The van der Waals surface area contributed by atoms with Crippen LogP contribution in [0.5, 0.6) is 0 Å². The Balaban J connectivity index is 2.01. The third-order valence-electron chi connectivity index (χ3n) is 4.27. The Morgan fingerprint density at radius 3 is 2.62 bits per heavy atom. The number of carbonyl (C=O) groups excluding carboxylic acids is 1. The van der Waals surface area contributed by atoms with Crippen LogP contribution in [-0.4, -0.2) is 27.3 Å². The summed E-state index contributed by atoms with van der Waals surface area (Å²) in [5.74, 6) is -0.364. The van der Waals surface area contributed by atoms with Gasteiger partial charge in [-0.2, -0.15) is 5.10 Å². The summed E-state index contributed by atoms with van der Waals surface area (Å²) in [6.45, 7) is 4.07. The Morgan fingerprint density at radius 2 is 1.85 bits per heavy atom. The van der Waals surface area contributed by atoms with Crippen molar-refractivity contribution in [1.82, 2.24) is 14.8 Å². The molecule has 5 nitrogen and oxygen atoms in total. The van der Waals surface area contributed by atoms with Gasteiger partial charge in [-0.15, -0.1) is 0 Å². The molecule has 0 spiro atoms. The first-order valence-electron chi connectivity index (χ1n) is 8.59. The monoisotopic (exact) mass is 345 g/mol. The topological polar surface area (TPSA) is 59.9 Å². The average Bonchev–Trinajstić information content (AvgIpc) is 3.23. The van der Waals surface area contributed by atoms with Crippen LogP contribution in [-0.2, 0) is 4.74 Å². The quantitative estimate of drug-likeness (QED) is 0.554. The smallest absolute Gasteiger partial charge is 0.355 e. The zero-order valence-electron chi connectivity index (χ0n) is 14.7. The van der Waals surface area contributed by atoms with E-state index < -0.39 is 0 Å². The minimum Gasteiger partial charge on any atom is -0.461 e. The predicted molar refractivity (Wildman–Crippen MR) is 102 cm³/mol. The van der Waals surface area contributed by atoms with Gasteiger partial charge in [0.05, 0.1) is 23.7 Å². The third kappa shape index (κ3) is 2.67. The number of para-hydroxylation sites is 2. The molecule has 5 heteroatoms. The largest absolute Gasteiger partial charge is 0.461 e. The molecule has 130 valence electrons. The summed E-state index contributed by atoms with van der Waals surface area (Å²) >= 11 is 0. The molecule has 0 aliphatic heterocycles. The molecule has 0 unspecified atom stereocenters. The van der Waals surface area contributed by atoms with Crippen LogP contribution in [0.3, 0.4) is 0 Å². The number of nitrogens with zero attached hydrogens (tertiary/aromatic N) is 2. The number of hydrogen-bond acceptors (Lipinski definition) is 3. The average molecular weight is 345 g/mol. The van der Waals surface area contributed by atoms with Gasteiger partial charge in [0, 0.05) is 16.5 Å². The maximum Gasteiger partial charge on any atom is 0.355 e. The van der Waals surface area contributed by atoms with Crippen LogP contribution in [0.25, 0.3) is 27.8 Å². The minimum atomic E-state index is -0.364. The van der Waals surface area contributed by atoms with E-state index in [1.54, 1.807) is 6.92 Å². The van der Waals surface area contributed by atoms with Crippen molar-refractivity contribution in [3.63, 3.8) is 0 Å². The number of esters is 1. The van der Waals surface area contributed by atoms with Crippen molar-refractivity contribution in [2.45, 2.75) is 13.8 Å². The molecule has 4 rings (SSSR count). The van der Waals surface area contributed by atoms with Crippen molar-refractivity contribution in [2.75, 3.05) is 6.61 Å². The molecule has 0 aliphatic carbocycles. The summed E-state index contributed by atoms with van der Waals surface area (Å²) in [5, 5.41) is 5.61. The van der Waals surface area contributed by atoms with Crippen molar-refractivity contribution in [3.05, 3.63) is 72.1 Å². The molecular formula is C21H19N3O2. The summed E-state index contributed by atoms with van der Waals surface area (Å²) in [6.07, 6.45) is 0. The zero-order valence-corrected chi connectivity index (χ0v) is 14.7. The van der Waals surface area contributed by atoms with E-state index in [9.17, 15) is 4.79 Å². The van der Waals surface area contributed by atoms with Crippen molar-refractivity contribution in [3.8, 4) is 16.9 Å². The SMILES string of the molecule is CCOC(=O)c1[nH]c2ccccc2c1-c1cc(C)nn1-c1ccccc1. The summed E-state index contributed by atoms with van der Waals surface area (Å²) in [6, 6.07) is 19.8. The standard InChI is InChI=1S/C21H19N3O2/c1-3-26-21(25)20-19(16-11-7-8-12-17(16)22-20)18-13-14(2)23-24(18)15-9-5-4-6-10-15/h4-13,22H,3H2,1-2H3. The fraction of sp³-hybridized carbons (Fsp3) is 0.143. The Hall–Kier alpha value is -3.34. The summed E-state index contributed by atoms with van der Waals surface area (Å²) < 4.78 is 7.14. The number of aromatic nitrogens is 3. The molecule has 2 heterocycles. The van der Waals surface area contributed by atoms with E-state index in [-0.39, 0.29) is 5.97 Å². The van der Waals surface area contributed by atoms with Crippen molar-refractivity contribution in [1.29, 1.82) is 0 Å². The van der Waals surface area contributed by atoms with Gasteiger partial charge in [-0.25, -0.2) is 9.48 Å². The highest BCUT2D eigenvalue weighted by Gasteiger charge is 2.23. The Morgan fingerprint density at radius 1 is 1.12 bits per heavy atom. The number of rotatable bonds is 4. The maximum absolute atomic E-state index is 12.6. The van der Waals surface area contributed by atoms with Crippen LogP contribution in [0.15, 0.2) is 60.7 Å². The lowest BCUT2D eigenvalue weighted by Crippen LogP contribution is -2.08. The first kappa shape index (κ1) is 16.1. The lowest BCUT2D eigenvalue weighted by molar-refractivity contribution is 0.0521. The number of fused-ring (bicyclic) bond motifs is 1. The molecule has 0 radical (unpaired) electrons. The van der Waals surface area contributed by atoms with Crippen LogP contribution >= 0.6 is 0 Å². The van der Waals surface area contributed by atoms with Gasteiger partial charge in [0.25, 0.3) is 0 Å². The molecule has 1 N–H and O–H groups in total. The van der Waals surface area contributed by atoms with Crippen molar-refractivity contribution < 1.29 is 9.53 Å². The molecule has 0 saturated heterocycles. The zero-order chi connectivity index (χ0) is 18.1. The molecule has 4 aromatic rings. The third-order valence-corrected chi connectivity index (χ3v) is 4.27. The van der Waals surface area contributed by atoms with E-state index in [1.807, 2.05) is 72.3 Å². The predicted octanol–water partition coefficient (Wildman–Crippen LogP) is 4.51. The fourth-order valence-corrected chi connectivity index (χ4v) is 3.21. The Bertz CT molecular complexity index is 1080. The van der Waals surface area contributed by atoms with Gasteiger partial charge in [0.2, 0.25) is 0 Å². The van der Waals surface area contributed by atoms with Crippen LogP contribution < -0.4 is 0 Å². The normalized spacial score (nSPS) is 11.0. The number of hydrogen-bond donors (Lipinski definition) is 1. The number of H-pyrrole nitrogens is 1. The van der Waals surface area contributed by atoms with E-state index in [1.165, 1.54) is 0 Å². The van der Waals surface area contributed by atoms with E-state index in [4.69, 9.17) is 4.74 Å². The molecule has 0 saturated carbocycles. The van der Waals surface area contributed by atoms with E-state index in [0.717, 1.165) is 33.5 Å². The number of aryl methyl sites for hydroxylation is 1. The molecule has 26 heavy (non-hydrogen) atoms. The highest BCUT2D eigenvalue weighted by molar-refractivity contribution is 6.07. The van der Waals surface area contributed by atoms with Gasteiger partial charge >= 0.3 is 5.97 Å². The summed E-state index contributed by atoms with van der Waals surface area (Å²) in [7, 11) is 0. The lowest BCUT2D eigenvalue weighted by Gasteiger charge is -2.09. The number of carbonyl (C=O) groups is 1. The molecule has 0 amide bonds.